The van der Waals surface area contributed by atoms with Gasteiger partial charge in [0, 0.05) is 0 Å². The van der Waals surface area contributed by atoms with Gasteiger partial charge in [0.15, 0.2) is 0 Å². The smallest absolute Gasteiger partial charge is 0.192 e. The van der Waals surface area contributed by atoms with Gasteiger partial charge in [-0.25, -0.2) is 0 Å². The maximum atomic E-state index is 11.1. The molecule has 61 valence electrons. The lowest BCUT2D eigenvalue weighted by Gasteiger charge is -2.16. The summed E-state index contributed by atoms with van der Waals surface area (Å²) in [6.45, 7) is 0. The average molecular weight is 169 g/mol. The van der Waals surface area contributed by atoms with E-state index in [-0.39, 0.29) is 0 Å². The molecule has 0 aromatic carbocycles. The first kappa shape index (κ1) is 9.51. The van der Waals surface area contributed by atoms with Crippen molar-refractivity contribution >= 4 is 0 Å². The molecule has 0 aliphatic heterocycles. The molecule has 0 aromatic heterocycles. The van der Waals surface area contributed by atoms with Crippen molar-refractivity contribution in [2.24, 2.45) is 0 Å². The van der Waals surface area contributed by atoms with Crippen LogP contribution in [0.25, 0.3) is 0 Å². The van der Waals surface area contributed by atoms with Crippen LogP contribution in [-0.2, 0) is 0 Å². The van der Waals surface area contributed by atoms with Crippen LogP contribution in [0, 0.1) is 6.43 Å². The van der Waals surface area contributed by atoms with Crippen molar-refractivity contribution in [2.75, 3.05) is 0 Å². The summed E-state index contributed by atoms with van der Waals surface area (Å²) in [5, 5.41) is 0. The van der Waals surface area contributed by atoms with E-state index in [1.54, 1.807) is 0 Å². The molecular formula is C3F7. The minimum atomic E-state index is -6.20. The summed E-state index contributed by atoms with van der Waals surface area (Å²) in [7, 11) is 0. The molecule has 0 heterocycles. The summed E-state index contributed by atoms with van der Waals surface area (Å²) < 4.78 is 76.3. The first-order chi connectivity index (χ1) is 4.19. The van der Waals surface area contributed by atoms with Crippen molar-refractivity contribution in [3.8, 4) is 0 Å². The van der Waals surface area contributed by atoms with E-state index in [1.807, 2.05) is 0 Å². The Bertz CT molecular complexity index is 111. The van der Waals surface area contributed by atoms with Gasteiger partial charge >= 0.3 is 18.5 Å². The summed E-state index contributed by atoms with van der Waals surface area (Å²) in [6.07, 6.45) is -10.1. The molecule has 0 rings (SSSR count). The Morgan fingerprint density at radius 3 is 1.10 bits per heavy atom. The summed E-state index contributed by atoms with van der Waals surface area (Å²) in [5.41, 5.74) is 0. The third kappa shape index (κ3) is 1.51. The van der Waals surface area contributed by atoms with Crippen molar-refractivity contribution in [2.45, 2.75) is 12.1 Å². The van der Waals surface area contributed by atoms with Crippen LogP contribution in [0.2, 0.25) is 0 Å². The van der Waals surface area contributed by atoms with Gasteiger partial charge in [-0.1, -0.05) is 0 Å². The lowest BCUT2D eigenvalue weighted by atomic mass is 10.3. The van der Waals surface area contributed by atoms with E-state index >= 15 is 0 Å². The normalized spacial score (nSPS) is 14.4. The van der Waals surface area contributed by atoms with E-state index in [1.165, 1.54) is 0 Å². The Labute approximate surface area is 50.6 Å². The minimum absolute atomic E-state index is 3.94. The molecule has 0 bridgehead atoms. The fourth-order valence-corrected chi connectivity index (χ4v) is 0.107. The van der Waals surface area contributed by atoms with Crippen LogP contribution in [-0.4, -0.2) is 12.1 Å². The number of alkyl halides is 5. The predicted molar refractivity (Wildman–Crippen MR) is 16.5 cm³/mol. The van der Waals surface area contributed by atoms with Gasteiger partial charge in [-0.05, 0) is 0 Å². The zero-order chi connectivity index (χ0) is 8.58. The lowest BCUT2D eigenvalue weighted by molar-refractivity contribution is -0.294. The molecule has 0 atom stereocenters. The summed E-state index contributed by atoms with van der Waals surface area (Å²) >= 11 is 0. The van der Waals surface area contributed by atoms with Crippen molar-refractivity contribution in [1.82, 2.24) is 0 Å². The highest BCUT2D eigenvalue weighted by molar-refractivity contribution is 4.89. The average Bonchev–Trinajstić information content (AvgIpc) is 1.62. The van der Waals surface area contributed by atoms with Crippen molar-refractivity contribution in [3.63, 3.8) is 0 Å². The molecule has 10 heavy (non-hydrogen) atoms. The van der Waals surface area contributed by atoms with E-state index in [9.17, 15) is 30.7 Å². The minimum Gasteiger partial charge on any atom is -0.192 e. The van der Waals surface area contributed by atoms with E-state index < -0.39 is 18.5 Å². The fraction of sp³-hybridized carbons (Fsp3) is 0.667. The third-order valence-electron chi connectivity index (χ3n) is 0.593. The summed E-state index contributed by atoms with van der Waals surface area (Å²) in [5.74, 6) is -5.98. The molecule has 7 heteroatoms. The van der Waals surface area contributed by atoms with E-state index in [2.05, 4.69) is 0 Å². The SMILES string of the molecule is F[C](F)C(F)(F)C(F)(F)F. The Balaban J connectivity index is 4.40. The molecule has 1 radical (unpaired) electrons. The zero-order valence-corrected chi connectivity index (χ0v) is 4.15. The van der Waals surface area contributed by atoms with Gasteiger partial charge < -0.3 is 0 Å². The molecule has 0 spiro atoms. The highest BCUT2D eigenvalue weighted by Crippen LogP contribution is 2.43. The second-order valence-electron chi connectivity index (χ2n) is 1.33. The van der Waals surface area contributed by atoms with Crippen LogP contribution in [0.5, 0.6) is 0 Å². The molecule has 0 N–H and O–H groups in total. The Hall–Kier alpha value is -0.490. The van der Waals surface area contributed by atoms with Crippen molar-refractivity contribution in [3.05, 3.63) is 6.43 Å². The van der Waals surface area contributed by atoms with Gasteiger partial charge in [-0.15, -0.1) is 0 Å². The molecule has 0 aliphatic rings. The zero-order valence-electron chi connectivity index (χ0n) is 4.15. The van der Waals surface area contributed by atoms with Gasteiger partial charge in [0.2, 0.25) is 0 Å². The standard InChI is InChI=1S/C3F7/c4-1(5)2(6,7)3(8,9)10. The topological polar surface area (TPSA) is 0 Å². The highest BCUT2D eigenvalue weighted by atomic mass is 19.4. The van der Waals surface area contributed by atoms with E-state index in [0.29, 0.717) is 0 Å². The second-order valence-corrected chi connectivity index (χ2v) is 1.33. The fourth-order valence-electron chi connectivity index (χ4n) is 0.107. The summed E-state index contributed by atoms with van der Waals surface area (Å²) in [4.78, 5) is 0. The number of hydrogen-bond donors (Lipinski definition) is 0. The van der Waals surface area contributed by atoms with Crippen LogP contribution in [0.15, 0.2) is 0 Å². The van der Waals surface area contributed by atoms with Gasteiger partial charge in [-0.3, -0.25) is 0 Å². The maximum Gasteiger partial charge on any atom is 0.460 e. The van der Waals surface area contributed by atoms with E-state index in [0.717, 1.165) is 0 Å². The lowest BCUT2D eigenvalue weighted by Crippen LogP contribution is -2.39. The first-order valence-corrected chi connectivity index (χ1v) is 1.82. The number of hydrogen-bond acceptors (Lipinski definition) is 0. The quantitative estimate of drug-likeness (QED) is 0.529. The molecule has 0 nitrogen and oxygen atoms in total. The first-order valence-electron chi connectivity index (χ1n) is 1.82. The van der Waals surface area contributed by atoms with Gasteiger partial charge in [0.1, 0.15) is 0 Å². The molecule has 0 saturated heterocycles. The van der Waals surface area contributed by atoms with Gasteiger partial charge in [-0.2, -0.15) is 30.7 Å². The molecule has 0 aromatic rings. The van der Waals surface area contributed by atoms with Crippen LogP contribution < -0.4 is 0 Å². The Morgan fingerprint density at radius 2 is 1.10 bits per heavy atom. The van der Waals surface area contributed by atoms with Crippen LogP contribution >= 0.6 is 0 Å². The van der Waals surface area contributed by atoms with Crippen LogP contribution in [0.1, 0.15) is 0 Å². The molecule has 0 fully saturated rings. The molecule has 0 unspecified atom stereocenters. The van der Waals surface area contributed by atoms with Crippen LogP contribution in [0.4, 0.5) is 30.7 Å². The number of halogens is 7. The van der Waals surface area contributed by atoms with Crippen molar-refractivity contribution in [1.29, 1.82) is 0 Å². The Kier molecular flexibility index (Phi) is 2.17. The molecular weight excluding hydrogens is 169 g/mol. The Morgan fingerprint density at radius 1 is 0.800 bits per heavy atom. The largest absolute Gasteiger partial charge is 0.460 e. The summed E-state index contributed by atoms with van der Waals surface area (Å²) in [6, 6.07) is 0. The second kappa shape index (κ2) is 2.28. The third-order valence-corrected chi connectivity index (χ3v) is 0.593. The predicted octanol–water partition coefficient (Wildman–Crippen LogP) is 2.61. The molecule has 0 aliphatic carbocycles. The highest BCUT2D eigenvalue weighted by Gasteiger charge is 2.65. The van der Waals surface area contributed by atoms with E-state index in [4.69, 9.17) is 0 Å². The molecule has 0 saturated carbocycles. The van der Waals surface area contributed by atoms with Crippen molar-refractivity contribution < 1.29 is 30.7 Å². The van der Waals surface area contributed by atoms with Gasteiger partial charge in [0.05, 0.1) is 0 Å². The molecule has 0 amide bonds. The van der Waals surface area contributed by atoms with Gasteiger partial charge in [0.25, 0.3) is 0 Å². The number of rotatable bonds is 1. The maximum absolute atomic E-state index is 11.1. The monoisotopic (exact) mass is 169 g/mol. The van der Waals surface area contributed by atoms with Crippen LogP contribution in [0.3, 0.4) is 0 Å².